The van der Waals surface area contributed by atoms with Crippen molar-refractivity contribution in [1.29, 1.82) is 0 Å². The lowest BCUT2D eigenvalue weighted by Gasteiger charge is -2.09. The van der Waals surface area contributed by atoms with Crippen LogP contribution in [0.4, 0.5) is 11.4 Å². The number of ether oxygens (including phenoxy) is 1. The second-order valence-corrected chi connectivity index (χ2v) is 5.93. The Labute approximate surface area is 161 Å². The highest BCUT2D eigenvalue weighted by molar-refractivity contribution is 6.06. The summed E-state index contributed by atoms with van der Waals surface area (Å²) in [5, 5.41) is 22.0. The van der Waals surface area contributed by atoms with Crippen molar-refractivity contribution in [2.45, 2.75) is 13.8 Å². The highest BCUT2D eigenvalue weighted by Gasteiger charge is 2.18. The van der Waals surface area contributed by atoms with Crippen LogP contribution in [-0.2, 0) is 0 Å². The predicted molar refractivity (Wildman–Crippen MR) is 104 cm³/mol. The molecule has 0 aliphatic heterocycles. The number of benzene rings is 2. The van der Waals surface area contributed by atoms with Gasteiger partial charge in [0, 0.05) is 34.5 Å². The quantitative estimate of drug-likeness (QED) is 0.513. The van der Waals surface area contributed by atoms with Crippen molar-refractivity contribution in [1.82, 2.24) is 10.2 Å². The van der Waals surface area contributed by atoms with Gasteiger partial charge in [0.2, 0.25) is 5.88 Å². The van der Waals surface area contributed by atoms with E-state index in [1.165, 1.54) is 12.1 Å². The lowest BCUT2D eigenvalue weighted by molar-refractivity contribution is -0.385. The van der Waals surface area contributed by atoms with Gasteiger partial charge in [0.15, 0.2) is 0 Å². The zero-order chi connectivity index (χ0) is 20.1. The van der Waals surface area contributed by atoms with Crippen molar-refractivity contribution in [3.8, 4) is 17.1 Å². The maximum Gasteiger partial charge on any atom is 0.273 e. The summed E-state index contributed by atoms with van der Waals surface area (Å²) < 4.78 is 5.28. The van der Waals surface area contributed by atoms with Crippen molar-refractivity contribution < 1.29 is 14.5 Å². The average molecular weight is 378 g/mol. The third kappa shape index (κ3) is 4.12. The molecule has 0 fully saturated rings. The summed E-state index contributed by atoms with van der Waals surface area (Å²) in [6.07, 6.45) is 0. The van der Waals surface area contributed by atoms with Crippen LogP contribution in [0.25, 0.3) is 11.3 Å². The number of nitro benzene ring substituents is 1. The maximum atomic E-state index is 12.6. The van der Waals surface area contributed by atoms with Crippen LogP contribution in [0.1, 0.15) is 22.8 Å². The summed E-state index contributed by atoms with van der Waals surface area (Å²) in [6.45, 7) is 3.93. The summed E-state index contributed by atoms with van der Waals surface area (Å²) in [5.74, 6) is 0.0213. The number of anilines is 1. The highest BCUT2D eigenvalue weighted by Crippen LogP contribution is 2.24. The van der Waals surface area contributed by atoms with Crippen LogP contribution in [0.2, 0.25) is 0 Å². The van der Waals surface area contributed by atoms with Crippen LogP contribution in [-0.4, -0.2) is 27.6 Å². The van der Waals surface area contributed by atoms with E-state index < -0.39 is 10.8 Å². The molecule has 1 N–H and O–H groups in total. The third-order valence-corrected chi connectivity index (χ3v) is 4.10. The molecule has 1 heterocycles. The number of carbonyl (C=O) groups is 1. The first-order valence-corrected chi connectivity index (χ1v) is 8.62. The molecule has 8 nitrogen and oxygen atoms in total. The minimum atomic E-state index is -0.503. The Morgan fingerprint density at radius 2 is 1.93 bits per heavy atom. The topological polar surface area (TPSA) is 107 Å². The molecule has 8 heteroatoms. The first-order valence-electron chi connectivity index (χ1n) is 8.62. The standard InChI is InChI=1S/C20H18N4O4/c1-3-28-19-11-10-17(22-23-19)14-6-4-7-15(12-14)21-20(25)16-8-5-9-18(13(16)2)24(26)27/h4-12H,3H2,1-2H3,(H,21,25). The SMILES string of the molecule is CCOc1ccc(-c2cccc(NC(=O)c3cccc([N+](=O)[O-])c3C)c2)nn1. The van der Waals surface area contributed by atoms with Crippen LogP contribution >= 0.6 is 0 Å². The van der Waals surface area contributed by atoms with Crippen LogP contribution in [0.15, 0.2) is 54.6 Å². The molecule has 1 amide bonds. The van der Waals surface area contributed by atoms with E-state index in [1.807, 2.05) is 13.0 Å². The van der Waals surface area contributed by atoms with Gasteiger partial charge in [-0.15, -0.1) is 10.2 Å². The maximum absolute atomic E-state index is 12.6. The number of nitrogens with zero attached hydrogens (tertiary/aromatic N) is 3. The molecule has 0 radical (unpaired) electrons. The third-order valence-electron chi connectivity index (χ3n) is 4.10. The van der Waals surface area contributed by atoms with Crippen LogP contribution < -0.4 is 10.1 Å². The van der Waals surface area contributed by atoms with Gasteiger partial charge in [-0.3, -0.25) is 14.9 Å². The second-order valence-electron chi connectivity index (χ2n) is 5.93. The molecule has 3 rings (SSSR count). The van der Waals surface area contributed by atoms with E-state index in [-0.39, 0.29) is 11.3 Å². The Morgan fingerprint density at radius 1 is 1.14 bits per heavy atom. The number of hydrogen-bond acceptors (Lipinski definition) is 6. The van der Waals surface area contributed by atoms with Gasteiger partial charge in [0.1, 0.15) is 0 Å². The van der Waals surface area contributed by atoms with Crippen molar-refractivity contribution in [2.24, 2.45) is 0 Å². The summed E-state index contributed by atoms with van der Waals surface area (Å²) in [6, 6.07) is 15.0. The average Bonchev–Trinajstić information content (AvgIpc) is 2.69. The van der Waals surface area contributed by atoms with E-state index in [1.54, 1.807) is 43.3 Å². The number of amides is 1. The summed E-state index contributed by atoms with van der Waals surface area (Å²) in [4.78, 5) is 23.2. The predicted octanol–water partition coefficient (Wildman–Crippen LogP) is 4.01. The van der Waals surface area contributed by atoms with Crippen molar-refractivity contribution in [2.75, 3.05) is 11.9 Å². The number of aromatic nitrogens is 2. The van der Waals surface area contributed by atoms with Gasteiger partial charge < -0.3 is 10.1 Å². The van der Waals surface area contributed by atoms with Gasteiger partial charge in [-0.2, -0.15) is 0 Å². The Bertz CT molecular complexity index is 1020. The molecule has 3 aromatic rings. The zero-order valence-electron chi connectivity index (χ0n) is 15.4. The fourth-order valence-electron chi connectivity index (χ4n) is 2.72. The Hall–Kier alpha value is -3.81. The molecule has 0 saturated heterocycles. The van der Waals surface area contributed by atoms with Gasteiger partial charge in [0.05, 0.1) is 17.2 Å². The molecule has 0 unspecified atom stereocenters. The lowest BCUT2D eigenvalue weighted by atomic mass is 10.1. The minimum absolute atomic E-state index is 0.0916. The molecule has 1 aromatic heterocycles. The Kier molecular flexibility index (Phi) is 5.59. The summed E-state index contributed by atoms with van der Waals surface area (Å²) in [7, 11) is 0. The van der Waals surface area contributed by atoms with Crippen LogP contribution in [0, 0.1) is 17.0 Å². The fraction of sp³-hybridized carbons (Fsp3) is 0.150. The zero-order valence-corrected chi connectivity index (χ0v) is 15.4. The number of carbonyl (C=O) groups excluding carboxylic acids is 1. The van der Waals surface area contributed by atoms with E-state index >= 15 is 0 Å². The molecule has 0 saturated carbocycles. The molecule has 2 aromatic carbocycles. The smallest absolute Gasteiger partial charge is 0.273 e. The molecule has 0 spiro atoms. The van der Waals surface area contributed by atoms with Crippen molar-refractivity contribution in [3.63, 3.8) is 0 Å². The van der Waals surface area contributed by atoms with Gasteiger partial charge in [0.25, 0.3) is 11.6 Å². The monoisotopic (exact) mass is 378 g/mol. The molecule has 142 valence electrons. The first-order chi connectivity index (χ1) is 13.5. The molecule has 0 bridgehead atoms. The Morgan fingerprint density at radius 3 is 2.61 bits per heavy atom. The van der Waals surface area contributed by atoms with Gasteiger partial charge in [-0.25, -0.2) is 0 Å². The second kappa shape index (κ2) is 8.26. The molecular formula is C20H18N4O4. The van der Waals surface area contributed by atoms with E-state index in [9.17, 15) is 14.9 Å². The molecule has 0 aliphatic carbocycles. The van der Waals surface area contributed by atoms with E-state index in [2.05, 4.69) is 15.5 Å². The fourth-order valence-corrected chi connectivity index (χ4v) is 2.72. The minimum Gasteiger partial charge on any atom is -0.477 e. The summed E-state index contributed by atoms with van der Waals surface area (Å²) in [5.41, 5.74) is 2.42. The highest BCUT2D eigenvalue weighted by atomic mass is 16.6. The number of hydrogen-bond donors (Lipinski definition) is 1. The normalized spacial score (nSPS) is 10.4. The lowest BCUT2D eigenvalue weighted by Crippen LogP contribution is -2.14. The number of nitro groups is 1. The molecule has 0 aliphatic rings. The van der Waals surface area contributed by atoms with Gasteiger partial charge in [-0.1, -0.05) is 18.2 Å². The number of rotatable bonds is 6. The van der Waals surface area contributed by atoms with E-state index in [0.29, 0.717) is 29.4 Å². The van der Waals surface area contributed by atoms with Crippen molar-refractivity contribution in [3.05, 3.63) is 75.8 Å². The largest absolute Gasteiger partial charge is 0.477 e. The van der Waals surface area contributed by atoms with E-state index in [4.69, 9.17) is 4.74 Å². The molecule has 0 atom stereocenters. The number of nitrogens with one attached hydrogen (secondary N) is 1. The van der Waals surface area contributed by atoms with Gasteiger partial charge in [-0.05, 0) is 38.1 Å². The van der Waals surface area contributed by atoms with Crippen LogP contribution in [0.3, 0.4) is 0 Å². The molecule has 28 heavy (non-hydrogen) atoms. The van der Waals surface area contributed by atoms with Crippen molar-refractivity contribution >= 4 is 17.3 Å². The molecular weight excluding hydrogens is 360 g/mol. The summed E-state index contributed by atoms with van der Waals surface area (Å²) >= 11 is 0. The first kappa shape index (κ1) is 19.0. The van der Waals surface area contributed by atoms with Gasteiger partial charge >= 0.3 is 0 Å². The van der Waals surface area contributed by atoms with E-state index in [0.717, 1.165) is 5.56 Å². The van der Waals surface area contributed by atoms with Crippen LogP contribution in [0.5, 0.6) is 5.88 Å². The Balaban J connectivity index is 1.82.